The molecule has 1 N–H and O–H groups in total. The van der Waals surface area contributed by atoms with Crippen LogP contribution in [0.5, 0.6) is 11.6 Å². The lowest BCUT2D eigenvalue weighted by Gasteiger charge is -2.32. The minimum atomic E-state index is -0.987. The number of carboxylic acids is 1. The average Bonchev–Trinajstić information content (AvgIpc) is 3.82. The lowest BCUT2D eigenvalue weighted by Crippen LogP contribution is -2.35. The van der Waals surface area contributed by atoms with Gasteiger partial charge in [0.15, 0.2) is 0 Å². The van der Waals surface area contributed by atoms with E-state index < -0.39 is 11.8 Å². The Hall–Kier alpha value is -4.53. The lowest BCUT2D eigenvalue weighted by molar-refractivity contribution is -0.0592. The number of nitrogens with zero attached hydrogens (tertiary/aromatic N) is 5. The number of pyridine rings is 1. The van der Waals surface area contributed by atoms with Crippen molar-refractivity contribution in [3.05, 3.63) is 82.6 Å². The van der Waals surface area contributed by atoms with E-state index in [1.54, 1.807) is 30.3 Å². The molecular formula is C35H36FN5O5. The molecule has 46 heavy (non-hydrogen) atoms. The van der Waals surface area contributed by atoms with Crippen molar-refractivity contribution >= 4 is 17.0 Å². The van der Waals surface area contributed by atoms with Crippen molar-refractivity contribution in [2.24, 2.45) is 5.92 Å². The molecule has 1 aliphatic carbocycles. The largest absolute Gasteiger partial charge is 0.491 e. The molecule has 0 radical (unpaired) electrons. The second kappa shape index (κ2) is 13.1. The first-order valence-electron chi connectivity index (χ1n) is 15.9. The maximum absolute atomic E-state index is 14.3. The smallest absolute Gasteiger partial charge is 0.335 e. The number of carbonyl (C=O) groups is 1. The number of aromatic carboxylic acids is 1. The summed E-state index contributed by atoms with van der Waals surface area (Å²) in [5, 5.41) is 18.8. The summed E-state index contributed by atoms with van der Waals surface area (Å²) in [5.74, 6) is 1.18. The van der Waals surface area contributed by atoms with E-state index in [4.69, 9.17) is 29.4 Å². The first-order chi connectivity index (χ1) is 22.4. The number of hydrogen-bond donors (Lipinski definition) is 1. The van der Waals surface area contributed by atoms with Crippen molar-refractivity contribution in [2.75, 3.05) is 26.3 Å². The third-order valence-corrected chi connectivity index (χ3v) is 9.17. The Bertz CT molecular complexity index is 1790. The predicted octanol–water partition coefficient (Wildman–Crippen LogP) is 5.68. The van der Waals surface area contributed by atoms with E-state index in [1.165, 1.54) is 6.07 Å². The number of fused-ring (bicyclic) bond motifs is 1. The third kappa shape index (κ3) is 6.69. The van der Waals surface area contributed by atoms with Crippen LogP contribution in [0, 0.1) is 23.1 Å². The molecular weight excluding hydrogens is 589 g/mol. The lowest BCUT2D eigenvalue weighted by atomic mass is 9.93. The van der Waals surface area contributed by atoms with E-state index in [0.717, 1.165) is 68.8 Å². The van der Waals surface area contributed by atoms with Gasteiger partial charge in [0.25, 0.3) is 0 Å². The van der Waals surface area contributed by atoms with Crippen molar-refractivity contribution in [1.29, 1.82) is 5.26 Å². The fourth-order valence-corrected chi connectivity index (χ4v) is 6.13. The number of imidazole rings is 1. The highest BCUT2D eigenvalue weighted by Gasteiger charge is 2.28. The van der Waals surface area contributed by atoms with Gasteiger partial charge >= 0.3 is 5.97 Å². The Labute approximate surface area is 266 Å². The zero-order valence-corrected chi connectivity index (χ0v) is 25.5. The molecule has 0 unspecified atom stereocenters. The summed E-state index contributed by atoms with van der Waals surface area (Å²) in [5.41, 5.74) is 3.26. The van der Waals surface area contributed by atoms with Gasteiger partial charge in [-0.05, 0) is 81.4 Å². The maximum atomic E-state index is 14.3. The first-order valence-corrected chi connectivity index (χ1v) is 15.9. The van der Waals surface area contributed by atoms with E-state index in [2.05, 4.69) is 9.47 Å². The van der Waals surface area contributed by atoms with Crippen molar-refractivity contribution in [2.45, 2.75) is 63.8 Å². The number of carboxylic acid groups (broad SMARTS) is 1. The molecule has 4 aromatic rings. The summed E-state index contributed by atoms with van der Waals surface area (Å²) in [7, 11) is 0. The SMILES string of the molecule is N#Cc1ccc(COc2cccc(C3CCN(Cc4nc5c(OCC6CC6)cc(C(=O)O)cc5n4C[C@@H]4CCO4)CC3)n2)c(F)c1. The molecule has 2 aromatic carbocycles. The number of nitriles is 1. The molecule has 1 saturated carbocycles. The van der Waals surface area contributed by atoms with Gasteiger partial charge in [-0.25, -0.2) is 19.2 Å². The van der Waals surface area contributed by atoms with Crippen molar-refractivity contribution < 1.29 is 28.5 Å². The summed E-state index contributed by atoms with van der Waals surface area (Å²) in [6.07, 6.45) is 5.15. The minimum absolute atomic E-state index is 0.0284. The first kappa shape index (κ1) is 30.1. The van der Waals surface area contributed by atoms with Gasteiger partial charge in [-0.15, -0.1) is 0 Å². The van der Waals surface area contributed by atoms with Crippen molar-refractivity contribution in [3.63, 3.8) is 0 Å². The number of rotatable bonds is 12. The molecule has 2 saturated heterocycles. The van der Waals surface area contributed by atoms with Crippen LogP contribution in [-0.2, 0) is 24.4 Å². The Balaban J connectivity index is 1.04. The van der Waals surface area contributed by atoms with Crippen LogP contribution in [0.2, 0.25) is 0 Å². The van der Waals surface area contributed by atoms with E-state index in [-0.39, 0.29) is 29.8 Å². The van der Waals surface area contributed by atoms with Gasteiger partial charge in [0.1, 0.15) is 29.5 Å². The highest BCUT2D eigenvalue weighted by molar-refractivity contribution is 5.95. The normalized spacial score (nSPS) is 18.7. The van der Waals surface area contributed by atoms with Crippen molar-refractivity contribution in [1.82, 2.24) is 19.4 Å². The number of hydrogen-bond acceptors (Lipinski definition) is 8. The molecule has 3 fully saturated rings. The zero-order valence-electron chi connectivity index (χ0n) is 25.5. The molecule has 238 valence electrons. The van der Waals surface area contributed by atoms with Gasteiger partial charge in [0, 0.05) is 29.8 Å². The monoisotopic (exact) mass is 625 g/mol. The second-order valence-electron chi connectivity index (χ2n) is 12.5. The molecule has 0 bridgehead atoms. The van der Waals surface area contributed by atoms with Gasteiger partial charge in [-0.1, -0.05) is 12.1 Å². The molecule has 1 atom stereocenters. The number of aromatic nitrogens is 3. The molecule has 2 aliphatic heterocycles. The van der Waals surface area contributed by atoms with Crippen molar-refractivity contribution in [3.8, 4) is 17.7 Å². The topological polar surface area (TPSA) is 123 Å². The van der Waals surface area contributed by atoms with E-state index in [1.807, 2.05) is 18.2 Å². The van der Waals surface area contributed by atoms with Crippen LogP contribution in [0.3, 0.4) is 0 Å². The Kier molecular flexibility index (Phi) is 8.56. The van der Waals surface area contributed by atoms with Gasteiger partial charge in [0.05, 0.1) is 48.5 Å². The second-order valence-corrected chi connectivity index (χ2v) is 12.5. The van der Waals surface area contributed by atoms with Gasteiger partial charge < -0.3 is 23.9 Å². The van der Waals surface area contributed by atoms with Gasteiger partial charge in [-0.2, -0.15) is 5.26 Å². The van der Waals surface area contributed by atoms with Crippen LogP contribution < -0.4 is 9.47 Å². The van der Waals surface area contributed by atoms with E-state index in [0.29, 0.717) is 48.3 Å². The maximum Gasteiger partial charge on any atom is 0.335 e. The van der Waals surface area contributed by atoms with Crippen LogP contribution in [0.25, 0.3) is 11.0 Å². The van der Waals surface area contributed by atoms with E-state index in [9.17, 15) is 14.3 Å². The molecule has 10 nitrogen and oxygen atoms in total. The zero-order chi connectivity index (χ0) is 31.6. The van der Waals surface area contributed by atoms with Gasteiger partial charge in [-0.3, -0.25) is 4.90 Å². The predicted molar refractivity (Wildman–Crippen MR) is 166 cm³/mol. The highest BCUT2D eigenvalue weighted by atomic mass is 19.1. The molecule has 4 heterocycles. The molecule has 0 spiro atoms. The minimum Gasteiger partial charge on any atom is -0.491 e. The Morgan fingerprint density at radius 3 is 2.59 bits per heavy atom. The summed E-state index contributed by atoms with van der Waals surface area (Å²) in [4.78, 5) is 24.2. The average molecular weight is 626 g/mol. The summed E-state index contributed by atoms with van der Waals surface area (Å²) < 4.78 is 34.2. The Morgan fingerprint density at radius 1 is 1.07 bits per heavy atom. The number of likely N-dealkylation sites (tertiary alicyclic amines) is 1. The summed E-state index contributed by atoms with van der Waals surface area (Å²) in [6.45, 7) is 4.29. The number of piperidine rings is 1. The molecule has 3 aliphatic rings. The fourth-order valence-electron chi connectivity index (χ4n) is 6.13. The summed E-state index contributed by atoms with van der Waals surface area (Å²) in [6, 6.07) is 15.3. The standard InChI is InChI=1S/C35H36FN5O5/c36-28-14-23(17-37)6-7-25(28)21-46-33-3-1-2-29(38-33)24-8-11-40(12-9-24)19-32-39-34-30(41(32)18-27-10-13-44-27)15-26(35(42)43)16-31(34)45-20-22-4-5-22/h1-3,6-7,14-16,22,24,27H,4-5,8-13,18-21H2,(H,42,43)/t27-/m0/s1. The van der Waals surface area contributed by atoms with Crippen LogP contribution in [0.4, 0.5) is 4.39 Å². The molecule has 7 rings (SSSR count). The quantitative estimate of drug-likeness (QED) is 0.212. The molecule has 2 aromatic heterocycles. The van der Waals surface area contributed by atoms with Crippen LogP contribution in [0.15, 0.2) is 48.5 Å². The highest BCUT2D eigenvalue weighted by Crippen LogP contribution is 2.35. The van der Waals surface area contributed by atoms with Crippen LogP contribution >= 0.6 is 0 Å². The summed E-state index contributed by atoms with van der Waals surface area (Å²) >= 11 is 0. The molecule has 11 heteroatoms. The number of benzene rings is 2. The Morgan fingerprint density at radius 2 is 1.89 bits per heavy atom. The van der Waals surface area contributed by atoms with Gasteiger partial charge in [0.2, 0.25) is 5.88 Å². The third-order valence-electron chi connectivity index (χ3n) is 9.17. The fraction of sp³-hybridized carbons (Fsp3) is 0.429. The number of halogens is 1. The molecule has 0 amide bonds. The van der Waals surface area contributed by atoms with E-state index >= 15 is 0 Å². The van der Waals surface area contributed by atoms with Crippen LogP contribution in [0.1, 0.15) is 71.0 Å². The van der Waals surface area contributed by atoms with Crippen LogP contribution in [-0.4, -0.2) is 62.9 Å². The number of ether oxygens (including phenoxy) is 3.